The van der Waals surface area contributed by atoms with Crippen molar-refractivity contribution in [1.82, 2.24) is 0 Å². The Kier molecular flexibility index (Phi) is 4.62. The second-order valence-electron chi connectivity index (χ2n) is 0.938. The number of rotatable bonds is 2. The van der Waals surface area contributed by atoms with Gasteiger partial charge < -0.3 is 4.84 Å². The Morgan fingerprint density at radius 3 is 2.57 bits per heavy atom. The summed E-state index contributed by atoms with van der Waals surface area (Å²) < 4.78 is 0. The van der Waals surface area contributed by atoms with Gasteiger partial charge in [0.25, 0.3) is 0 Å². The average Bonchev–Trinajstić information content (AvgIpc) is 1.69. The summed E-state index contributed by atoms with van der Waals surface area (Å²) in [6, 6.07) is 0. The summed E-state index contributed by atoms with van der Waals surface area (Å²) >= 11 is 0. The van der Waals surface area contributed by atoms with Gasteiger partial charge in [0.1, 0.15) is 6.26 Å². The van der Waals surface area contributed by atoms with Crippen LogP contribution >= 0.6 is 0 Å². The highest BCUT2D eigenvalue weighted by atomic mass is 16.6. The van der Waals surface area contributed by atoms with E-state index in [0.29, 0.717) is 0 Å². The number of allylic oxidation sites excluding steroid dienone is 1. The molecule has 0 aromatic rings. The Morgan fingerprint density at radius 1 is 1.43 bits per heavy atom. The fraction of sp³-hybridized carbons (Fsp3) is 0.400. The van der Waals surface area contributed by atoms with Crippen LogP contribution in [0.2, 0.25) is 0 Å². The lowest BCUT2D eigenvalue weighted by atomic mass is 10.7. The van der Waals surface area contributed by atoms with E-state index in [1.54, 1.807) is 19.2 Å². The molecule has 40 valence electrons. The summed E-state index contributed by atoms with van der Waals surface area (Å²) in [5, 5.41) is 3.45. The fourth-order valence-electron chi connectivity index (χ4n) is 0.157. The van der Waals surface area contributed by atoms with Gasteiger partial charge >= 0.3 is 0 Å². The third kappa shape index (κ3) is 5.21. The third-order valence-electron chi connectivity index (χ3n) is 0.363. The Labute approximate surface area is 43.5 Å². The molecule has 0 aromatic heterocycles. The predicted octanol–water partition coefficient (Wildman–Crippen LogP) is 1.54. The first-order valence-electron chi connectivity index (χ1n) is 2.16. The van der Waals surface area contributed by atoms with Crippen molar-refractivity contribution in [2.75, 3.05) is 0 Å². The summed E-state index contributed by atoms with van der Waals surface area (Å²) in [4.78, 5) is 4.52. The fourth-order valence-corrected chi connectivity index (χ4v) is 0.157. The molecule has 0 aliphatic carbocycles. The maximum Gasteiger partial charge on any atom is 0.117 e. The van der Waals surface area contributed by atoms with Crippen molar-refractivity contribution in [3.8, 4) is 0 Å². The molecule has 0 aliphatic heterocycles. The molecule has 2 nitrogen and oxygen atoms in total. The molecule has 0 bridgehead atoms. The Bertz CT molecular complexity index is 66.1. The monoisotopic (exact) mass is 99.1 g/mol. The summed E-state index contributed by atoms with van der Waals surface area (Å²) in [6.45, 7) is 3.66. The van der Waals surface area contributed by atoms with Crippen LogP contribution in [0.15, 0.2) is 17.5 Å². The summed E-state index contributed by atoms with van der Waals surface area (Å²) in [7, 11) is 0. The number of oxime groups is 1. The molecule has 0 aromatic carbocycles. The lowest BCUT2D eigenvalue weighted by Crippen LogP contribution is -1.63. The molecule has 0 saturated carbocycles. The predicted molar refractivity (Wildman–Crippen MR) is 30.1 cm³/mol. The van der Waals surface area contributed by atoms with Crippen molar-refractivity contribution < 1.29 is 4.84 Å². The largest absolute Gasteiger partial charge is 0.366 e. The summed E-state index contributed by atoms with van der Waals surface area (Å²) in [5.74, 6) is 0. The van der Waals surface area contributed by atoms with E-state index in [-0.39, 0.29) is 0 Å². The molecule has 0 N–H and O–H groups in total. The van der Waals surface area contributed by atoms with Gasteiger partial charge in [-0.1, -0.05) is 5.16 Å². The summed E-state index contributed by atoms with van der Waals surface area (Å²) in [6.07, 6.45) is 4.87. The molecule has 0 unspecified atom stereocenters. The molecule has 7 heavy (non-hydrogen) atoms. The minimum absolute atomic E-state index is 1.51. The number of hydrogen-bond donors (Lipinski definition) is 0. The van der Waals surface area contributed by atoms with Gasteiger partial charge in [0.15, 0.2) is 0 Å². The molecule has 0 radical (unpaired) electrons. The molecule has 2 heteroatoms. The van der Waals surface area contributed by atoms with Crippen molar-refractivity contribution in [3.05, 3.63) is 12.3 Å². The van der Waals surface area contributed by atoms with E-state index in [1.165, 1.54) is 6.26 Å². The van der Waals surface area contributed by atoms with Crippen LogP contribution in [0.1, 0.15) is 13.8 Å². The van der Waals surface area contributed by atoms with E-state index in [2.05, 4.69) is 9.99 Å². The molecule has 0 spiro atoms. The van der Waals surface area contributed by atoms with Crippen LogP contribution in [0.3, 0.4) is 0 Å². The molecule has 0 rings (SSSR count). The van der Waals surface area contributed by atoms with Gasteiger partial charge in [-0.05, 0) is 19.9 Å². The molecule has 0 saturated heterocycles. The van der Waals surface area contributed by atoms with Crippen LogP contribution in [0.5, 0.6) is 0 Å². The molecule has 0 heterocycles. The normalized spacial score (nSPS) is 11.1. The van der Waals surface area contributed by atoms with Gasteiger partial charge in [0, 0.05) is 6.21 Å². The van der Waals surface area contributed by atoms with Crippen molar-refractivity contribution in [3.63, 3.8) is 0 Å². The van der Waals surface area contributed by atoms with Crippen LogP contribution in [0, 0.1) is 0 Å². The van der Waals surface area contributed by atoms with Crippen LogP contribution < -0.4 is 0 Å². The quantitative estimate of drug-likeness (QED) is 0.292. The zero-order chi connectivity index (χ0) is 5.54. The smallest absolute Gasteiger partial charge is 0.117 e. The van der Waals surface area contributed by atoms with Crippen molar-refractivity contribution in [2.45, 2.75) is 13.8 Å². The third-order valence-corrected chi connectivity index (χ3v) is 0.363. The highest BCUT2D eigenvalue weighted by molar-refractivity contribution is 5.52. The zero-order valence-electron chi connectivity index (χ0n) is 4.59. The lowest BCUT2D eigenvalue weighted by Gasteiger charge is -1.80. The van der Waals surface area contributed by atoms with E-state index in [4.69, 9.17) is 0 Å². The second-order valence-corrected chi connectivity index (χ2v) is 0.938. The van der Waals surface area contributed by atoms with Crippen LogP contribution in [-0.2, 0) is 4.84 Å². The molecular formula is C5H9NO. The van der Waals surface area contributed by atoms with Crippen molar-refractivity contribution >= 4 is 6.21 Å². The number of hydrogen-bond acceptors (Lipinski definition) is 2. The maximum absolute atomic E-state index is 4.52. The van der Waals surface area contributed by atoms with Gasteiger partial charge in [-0.25, -0.2) is 0 Å². The summed E-state index contributed by atoms with van der Waals surface area (Å²) in [5.41, 5.74) is 0. The lowest BCUT2D eigenvalue weighted by molar-refractivity contribution is 0.269. The average molecular weight is 99.1 g/mol. The van der Waals surface area contributed by atoms with Crippen molar-refractivity contribution in [2.24, 2.45) is 5.16 Å². The van der Waals surface area contributed by atoms with E-state index in [9.17, 15) is 0 Å². The van der Waals surface area contributed by atoms with Gasteiger partial charge in [-0.2, -0.15) is 0 Å². The zero-order valence-corrected chi connectivity index (χ0v) is 4.59. The van der Waals surface area contributed by atoms with Crippen LogP contribution in [-0.4, -0.2) is 6.21 Å². The molecular weight excluding hydrogens is 90.1 g/mol. The topological polar surface area (TPSA) is 21.6 Å². The standard InChI is InChI=1S/C5H9NO/c1-3-5-7-6-4-2/h3-5H,1-2H3/b5-3+,6-4-. The molecule has 0 aliphatic rings. The maximum atomic E-state index is 4.52. The van der Waals surface area contributed by atoms with Crippen molar-refractivity contribution in [1.29, 1.82) is 0 Å². The van der Waals surface area contributed by atoms with Gasteiger partial charge in [-0.3, -0.25) is 0 Å². The SMILES string of the molecule is C/C=N\O/C=C/C. The van der Waals surface area contributed by atoms with E-state index in [1.807, 2.05) is 6.92 Å². The number of nitrogens with zero attached hydrogens (tertiary/aromatic N) is 1. The van der Waals surface area contributed by atoms with Gasteiger partial charge in [-0.15, -0.1) is 0 Å². The highest BCUT2D eigenvalue weighted by Gasteiger charge is 1.58. The van der Waals surface area contributed by atoms with E-state index in [0.717, 1.165) is 0 Å². The first-order valence-corrected chi connectivity index (χ1v) is 2.16. The Balaban J connectivity index is 2.98. The molecule has 0 atom stereocenters. The Hall–Kier alpha value is -0.790. The minimum Gasteiger partial charge on any atom is -0.366 e. The van der Waals surface area contributed by atoms with Gasteiger partial charge in [0.2, 0.25) is 0 Å². The van der Waals surface area contributed by atoms with Crippen LogP contribution in [0.25, 0.3) is 0 Å². The van der Waals surface area contributed by atoms with Crippen LogP contribution in [0.4, 0.5) is 0 Å². The second kappa shape index (κ2) is 5.21. The first-order chi connectivity index (χ1) is 3.41. The van der Waals surface area contributed by atoms with E-state index < -0.39 is 0 Å². The molecule has 0 fully saturated rings. The van der Waals surface area contributed by atoms with Gasteiger partial charge in [0.05, 0.1) is 0 Å². The first kappa shape index (κ1) is 6.21. The molecule has 0 amide bonds. The minimum atomic E-state index is 1.51. The highest BCUT2D eigenvalue weighted by Crippen LogP contribution is 1.73. The Morgan fingerprint density at radius 2 is 2.14 bits per heavy atom. The van der Waals surface area contributed by atoms with E-state index >= 15 is 0 Å².